The fourth-order valence-electron chi connectivity index (χ4n) is 2.46. The van der Waals surface area contributed by atoms with Gasteiger partial charge in [-0.3, -0.25) is 4.90 Å². The molecule has 1 saturated heterocycles. The highest BCUT2D eigenvalue weighted by Gasteiger charge is 2.23. The average Bonchev–Trinajstić information content (AvgIpc) is 2.48. The van der Waals surface area contributed by atoms with Gasteiger partial charge in [-0.2, -0.15) is 0 Å². The minimum Gasteiger partial charge on any atom is -0.387 e. The molecule has 1 aliphatic rings. The van der Waals surface area contributed by atoms with Gasteiger partial charge in [0.05, 0.1) is 16.8 Å². The highest BCUT2D eigenvalue weighted by atomic mass is 35.5. The van der Waals surface area contributed by atoms with Gasteiger partial charge in [0.1, 0.15) is 0 Å². The topological polar surface area (TPSA) is 69.6 Å². The zero-order valence-corrected chi connectivity index (χ0v) is 13.6. The zero-order chi connectivity index (χ0) is 15.5. The van der Waals surface area contributed by atoms with Gasteiger partial charge in [-0.25, -0.2) is 8.42 Å². The van der Waals surface area contributed by atoms with Gasteiger partial charge in [0.15, 0.2) is 9.84 Å². The van der Waals surface area contributed by atoms with E-state index in [1.165, 1.54) is 6.07 Å². The Bertz CT molecular complexity index is 586. The predicted octanol–water partition coefficient (Wildman–Crippen LogP) is 1.07. The van der Waals surface area contributed by atoms with E-state index in [-0.39, 0.29) is 10.6 Å². The molecule has 21 heavy (non-hydrogen) atoms. The van der Waals surface area contributed by atoms with Crippen molar-refractivity contribution in [2.24, 2.45) is 0 Å². The number of β-amino-alcohol motifs (C(OH)–C–C–N with tert-alkyl or cyclic N) is 1. The fraction of sp³-hybridized carbons (Fsp3) is 0.571. The van der Waals surface area contributed by atoms with Gasteiger partial charge >= 0.3 is 0 Å². The molecule has 2 N–H and O–H groups in total. The second kappa shape index (κ2) is 7.07. The Kier molecular flexibility index (Phi) is 5.62. The molecular formula is C14H21ClN2O3S. The van der Waals surface area contributed by atoms with Gasteiger partial charge < -0.3 is 10.4 Å². The number of piperazine rings is 1. The van der Waals surface area contributed by atoms with E-state index in [4.69, 9.17) is 11.6 Å². The quantitative estimate of drug-likeness (QED) is 0.844. The summed E-state index contributed by atoms with van der Waals surface area (Å²) in [7, 11) is -3.38. The van der Waals surface area contributed by atoms with E-state index in [0.717, 1.165) is 26.2 Å². The normalized spacial score (nSPS) is 18.6. The predicted molar refractivity (Wildman–Crippen MR) is 83.4 cm³/mol. The van der Waals surface area contributed by atoms with Crippen LogP contribution in [-0.4, -0.2) is 56.9 Å². The summed E-state index contributed by atoms with van der Waals surface area (Å²) in [5, 5.41) is 14.1. The Morgan fingerprint density at radius 3 is 2.67 bits per heavy atom. The molecular weight excluding hydrogens is 312 g/mol. The Morgan fingerprint density at radius 2 is 2.05 bits per heavy atom. The zero-order valence-electron chi connectivity index (χ0n) is 12.0. The maximum Gasteiger partial charge on any atom is 0.178 e. The van der Waals surface area contributed by atoms with Crippen molar-refractivity contribution >= 4 is 21.4 Å². The third-order valence-electron chi connectivity index (χ3n) is 3.69. The van der Waals surface area contributed by atoms with Crippen LogP contribution in [0.15, 0.2) is 23.1 Å². The molecule has 1 atom stereocenters. The smallest absolute Gasteiger partial charge is 0.178 e. The Labute approximate surface area is 130 Å². The molecule has 2 rings (SSSR count). The lowest BCUT2D eigenvalue weighted by molar-refractivity contribution is 0.103. The van der Waals surface area contributed by atoms with Gasteiger partial charge in [-0.1, -0.05) is 18.5 Å². The monoisotopic (exact) mass is 332 g/mol. The lowest BCUT2D eigenvalue weighted by Crippen LogP contribution is -2.45. The average molecular weight is 333 g/mol. The highest BCUT2D eigenvalue weighted by molar-refractivity contribution is 7.91. The van der Waals surface area contributed by atoms with E-state index in [2.05, 4.69) is 10.2 Å². The second-order valence-electron chi connectivity index (χ2n) is 5.15. The first-order valence-electron chi connectivity index (χ1n) is 7.07. The summed E-state index contributed by atoms with van der Waals surface area (Å²) in [6.07, 6.45) is -0.863. The summed E-state index contributed by atoms with van der Waals surface area (Å²) >= 11 is 5.97. The van der Waals surface area contributed by atoms with Crippen molar-refractivity contribution in [1.82, 2.24) is 10.2 Å². The molecule has 0 radical (unpaired) electrons. The van der Waals surface area contributed by atoms with Crippen molar-refractivity contribution in [2.75, 3.05) is 38.5 Å². The number of hydrogen-bond donors (Lipinski definition) is 2. The number of hydrogen-bond acceptors (Lipinski definition) is 5. The maximum atomic E-state index is 12.2. The lowest BCUT2D eigenvalue weighted by Gasteiger charge is -2.29. The Balaban J connectivity index is 2.26. The van der Waals surface area contributed by atoms with Crippen molar-refractivity contribution in [2.45, 2.75) is 17.9 Å². The highest BCUT2D eigenvalue weighted by Crippen LogP contribution is 2.27. The number of aliphatic hydroxyl groups excluding tert-OH is 1. The van der Waals surface area contributed by atoms with Gasteiger partial charge in [0, 0.05) is 43.3 Å². The summed E-state index contributed by atoms with van der Waals surface area (Å²) in [6.45, 7) is 5.44. The number of nitrogens with zero attached hydrogens (tertiary/aromatic N) is 1. The Hall–Kier alpha value is -0.660. The number of aliphatic hydroxyl groups is 1. The van der Waals surface area contributed by atoms with Crippen LogP contribution >= 0.6 is 11.6 Å². The standard InChI is InChI=1S/C14H21ClN2O3S/c1-2-21(19,20)14-4-3-11(15)9-12(14)13(18)10-17-7-5-16-6-8-17/h3-4,9,13,16,18H,2,5-8,10H2,1H3. The van der Waals surface area contributed by atoms with E-state index in [9.17, 15) is 13.5 Å². The molecule has 0 aliphatic carbocycles. The van der Waals surface area contributed by atoms with E-state index in [1.807, 2.05) is 0 Å². The van der Waals surface area contributed by atoms with Crippen LogP contribution in [0.3, 0.4) is 0 Å². The lowest BCUT2D eigenvalue weighted by atomic mass is 10.1. The molecule has 1 fully saturated rings. The number of nitrogens with one attached hydrogen (secondary N) is 1. The molecule has 0 amide bonds. The largest absolute Gasteiger partial charge is 0.387 e. The van der Waals surface area contributed by atoms with Gasteiger partial charge in [-0.05, 0) is 18.2 Å². The summed E-state index contributed by atoms with van der Waals surface area (Å²) in [6, 6.07) is 4.58. The van der Waals surface area contributed by atoms with E-state index in [0.29, 0.717) is 17.1 Å². The molecule has 1 unspecified atom stereocenters. The first kappa shape index (κ1) is 16.7. The van der Waals surface area contributed by atoms with Crippen LogP contribution in [0, 0.1) is 0 Å². The maximum absolute atomic E-state index is 12.2. The fourth-order valence-corrected chi connectivity index (χ4v) is 3.78. The second-order valence-corrected chi connectivity index (χ2v) is 7.84. The minimum atomic E-state index is -3.38. The molecule has 5 nitrogen and oxygen atoms in total. The molecule has 7 heteroatoms. The van der Waals surface area contributed by atoms with E-state index < -0.39 is 15.9 Å². The number of rotatable bonds is 5. The van der Waals surface area contributed by atoms with Crippen molar-refractivity contribution in [1.29, 1.82) is 0 Å². The van der Waals surface area contributed by atoms with Crippen molar-refractivity contribution in [3.05, 3.63) is 28.8 Å². The molecule has 1 heterocycles. The molecule has 0 spiro atoms. The van der Waals surface area contributed by atoms with Gasteiger partial charge in [0.25, 0.3) is 0 Å². The van der Waals surface area contributed by atoms with Crippen LogP contribution in [0.1, 0.15) is 18.6 Å². The summed E-state index contributed by atoms with van der Waals surface area (Å²) in [4.78, 5) is 2.29. The van der Waals surface area contributed by atoms with Crippen molar-refractivity contribution in [3.63, 3.8) is 0 Å². The molecule has 0 saturated carbocycles. The van der Waals surface area contributed by atoms with E-state index in [1.54, 1.807) is 19.1 Å². The summed E-state index contributed by atoms with van der Waals surface area (Å²) < 4.78 is 24.3. The summed E-state index contributed by atoms with van der Waals surface area (Å²) in [5.74, 6) is 0.00197. The van der Waals surface area contributed by atoms with Gasteiger partial charge in [0.2, 0.25) is 0 Å². The SMILES string of the molecule is CCS(=O)(=O)c1ccc(Cl)cc1C(O)CN1CCNCC1. The number of halogens is 1. The first-order chi connectivity index (χ1) is 9.94. The molecule has 118 valence electrons. The molecule has 1 aromatic rings. The van der Waals surface area contributed by atoms with Gasteiger partial charge in [-0.15, -0.1) is 0 Å². The van der Waals surface area contributed by atoms with Crippen LogP contribution in [0.25, 0.3) is 0 Å². The van der Waals surface area contributed by atoms with Crippen LogP contribution < -0.4 is 5.32 Å². The Morgan fingerprint density at radius 1 is 1.38 bits per heavy atom. The third kappa shape index (κ3) is 4.17. The third-order valence-corrected chi connectivity index (χ3v) is 5.72. The van der Waals surface area contributed by atoms with Crippen LogP contribution in [-0.2, 0) is 9.84 Å². The van der Waals surface area contributed by atoms with Crippen LogP contribution in [0.2, 0.25) is 5.02 Å². The molecule has 0 bridgehead atoms. The molecule has 1 aliphatic heterocycles. The number of benzene rings is 1. The minimum absolute atomic E-state index is 0.00197. The van der Waals surface area contributed by atoms with Crippen molar-refractivity contribution in [3.8, 4) is 0 Å². The van der Waals surface area contributed by atoms with Crippen molar-refractivity contribution < 1.29 is 13.5 Å². The van der Waals surface area contributed by atoms with Crippen LogP contribution in [0.4, 0.5) is 0 Å². The number of sulfone groups is 1. The first-order valence-corrected chi connectivity index (χ1v) is 9.10. The van der Waals surface area contributed by atoms with Crippen LogP contribution in [0.5, 0.6) is 0 Å². The molecule has 1 aromatic carbocycles. The summed E-state index contributed by atoms with van der Waals surface area (Å²) in [5.41, 5.74) is 0.392. The molecule has 0 aromatic heterocycles. The van der Waals surface area contributed by atoms with E-state index >= 15 is 0 Å².